The zero-order chi connectivity index (χ0) is 26.7. The number of nitrogens with zero attached hydrogens (tertiary/aromatic N) is 1. The van der Waals surface area contributed by atoms with Crippen molar-refractivity contribution >= 4 is 50.4 Å². The topological polar surface area (TPSA) is 131 Å². The minimum Gasteiger partial charge on any atom is -0.347 e. The van der Waals surface area contributed by atoms with E-state index in [0.717, 1.165) is 27.6 Å². The Morgan fingerprint density at radius 2 is 1.84 bits per heavy atom. The monoisotopic (exact) mass is 564 g/mol. The van der Waals surface area contributed by atoms with Crippen LogP contribution in [0.15, 0.2) is 87.6 Å². The van der Waals surface area contributed by atoms with Crippen molar-refractivity contribution in [2.75, 3.05) is 17.6 Å². The van der Waals surface area contributed by atoms with Gasteiger partial charge < -0.3 is 16.4 Å². The maximum absolute atomic E-state index is 13.1. The van der Waals surface area contributed by atoms with E-state index < -0.39 is 21.7 Å². The average Bonchev–Trinajstić information content (AvgIpc) is 3.38. The summed E-state index contributed by atoms with van der Waals surface area (Å²) >= 11 is 3.25. The van der Waals surface area contributed by atoms with E-state index in [4.69, 9.17) is 5.73 Å². The molecule has 3 aromatic carbocycles. The summed E-state index contributed by atoms with van der Waals surface area (Å²) in [4.78, 5) is 32.0. The Balaban J connectivity index is 1.27. The summed E-state index contributed by atoms with van der Waals surface area (Å²) in [6, 6.07) is 18.4. The van der Waals surface area contributed by atoms with E-state index in [1.54, 1.807) is 30.1 Å². The van der Waals surface area contributed by atoms with E-state index in [0.29, 0.717) is 6.54 Å². The minimum absolute atomic E-state index is 0.0525. The average molecular weight is 565 g/mol. The first kappa shape index (κ1) is 26.1. The molecular weight excluding hydrogens is 541 g/mol. The summed E-state index contributed by atoms with van der Waals surface area (Å²) < 4.78 is 26.3. The van der Waals surface area contributed by atoms with Crippen molar-refractivity contribution in [1.29, 1.82) is 0 Å². The number of amides is 2. The van der Waals surface area contributed by atoms with Crippen molar-refractivity contribution in [3.63, 3.8) is 0 Å². The fraction of sp³-hybridized carbons (Fsp3) is 0.148. The molecule has 1 aromatic heterocycles. The first-order chi connectivity index (χ1) is 18.4. The molecule has 194 valence electrons. The van der Waals surface area contributed by atoms with Gasteiger partial charge >= 0.3 is 0 Å². The summed E-state index contributed by atoms with van der Waals surface area (Å²) in [6.07, 6.45) is 2.70. The molecule has 0 radical (unpaired) electrons. The second-order valence-corrected chi connectivity index (χ2v) is 12.7. The highest BCUT2D eigenvalue weighted by molar-refractivity contribution is 7.99. The van der Waals surface area contributed by atoms with E-state index >= 15 is 0 Å². The van der Waals surface area contributed by atoms with Crippen molar-refractivity contribution in [3.8, 4) is 10.6 Å². The smallest absolute Gasteiger partial charge is 0.257 e. The quantitative estimate of drug-likeness (QED) is 0.211. The van der Waals surface area contributed by atoms with Crippen molar-refractivity contribution in [1.82, 2.24) is 10.3 Å². The number of nitrogens with one attached hydrogen (secondary N) is 2. The second-order valence-electron chi connectivity index (χ2n) is 8.49. The van der Waals surface area contributed by atoms with Crippen LogP contribution < -0.4 is 16.4 Å². The standard InChI is InChI=1S/C27H24N4O4S3/c28-12-3-13-36-19-9-6-17(7-10-19)27-30-16-20(37-27)15-29-25(32)18-8-11-24-22(14-18)31-26(33)21-4-1-2-5-23(21)38(24,34)35/h1-2,4-11,14,16H,3,12-13,15,28H2,(H,29,32)(H,31,33). The maximum atomic E-state index is 13.1. The molecule has 0 unspecified atom stereocenters. The molecule has 0 saturated heterocycles. The number of nitrogens with two attached hydrogens (primary N) is 1. The van der Waals surface area contributed by atoms with Gasteiger partial charge in [0.15, 0.2) is 0 Å². The normalized spacial score (nSPS) is 13.7. The Bertz CT molecular complexity index is 1620. The molecule has 0 bridgehead atoms. The van der Waals surface area contributed by atoms with Crippen LogP contribution in [0.25, 0.3) is 10.6 Å². The summed E-state index contributed by atoms with van der Waals surface area (Å²) in [5.41, 5.74) is 6.92. The van der Waals surface area contributed by atoms with Crippen LogP contribution in [0, 0.1) is 0 Å². The fourth-order valence-corrected chi connectivity index (χ4v) is 7.28. The third kappa shape index (κ3) is 5.37. The van der Waals surface area contributed by atoms with Gasteiger partial charge in [-0.2, -0.15) is 0 Å². The number of hydrogen-bond acceptors (Lipinski definition) is 8. The molecule has 38 heavy (non-hydrogen) atoms. The maximum Gasteiger partial charge on any atom is 0.257 e. The van der Waals surface area contributed by atoms with Crippen LogP contribution in [0.1, 0.15) is 32.0 Å². The number of carbonyl (C=O) groups excluding carboxylic acids is 2. The first-order valence-corrected chi connectivity index (χ1v) is 15.1. The molecule has 0 aliphatic carbocycles. The van der Waals surface area contributed by atoms with Gasteiger partial charge in [0, 0.05) is 27.1 Å². The molecule has 0 spiro atoms. The Hall–Kier alpha value is -3.51. The van der Waals surface area contributed by atoms with Crippen LogP contribution in [0.5, 0.6) is 0 Å². The van der Waals surface area contributed by atoms with Gasteiger partial charge in [0.25, 0.3) is 11.8 Å². The SMILES string of the molecule is NCCCSc1ccc(-c2ncc(CNC(=O)c3ccc4c(c3)NC(=O)c3ccccc3S4(=O)=O)s2)cc1. The number of thiazole rings is 1. The number of rotatable bonds is 8. The number of hydrogen-bond donors (Lipinski definition) is 3. The van der Waals surface area contributed by atoms with Crippen LogP contribution in [-0.2, 0) is 16.4 Å². The molecule has 4 aromatic rings. The molecule has 2 amide bonds. The fourth-order valence-electron chi connectivity index (χ4n) is 3.96. The van der Waals surface area contributed by atoms with Gasteiger partial charge in [0.2, 0.25) is 9.84 Å². The lowest BCUT2D eigenvalue weighted by Crippen LogP contribution is -2.22. The van der Waals surface area contributed by atoms with E-state index in [1.807, 2.05) is 12.1 Å². The van der Waals surface area contributed by atoms with E-state index in [2.05, 4.69) is 27.8 Å². The van der Waals surface area contributed by atoms with Crippen LogP contribution in [0.4, 0.5) is 5.69 Å². The summed E-state index contributed by atoms with van der Waals surface area (Å²) in [6.45, 7) is 0.944. The predicted octanol–water partition coefficient (Wildman–Crippen LogP) is 4.58. The lowest BCUT2D eigenvalue weighted by molar-refractivity contribution is 0.0949. The van der Waals surface area contributed by atoms with E-state index in [-0.39, 0.29) is 33.2 Å². The van der Waals surface area contributed by atoms with Crippen LogP contribution in [0.3, 0.4) is 0 Å². The Kier molecular flexibility index (Phi) is 7.61. The molecule has 1 aliphatic heterocycles. The lowest BCUT2D eigenvalue weighted by Gasteiger charge is -2.10. The Morgan fingerprint density at radius 3 is 2.63 bits per heavy atom. The molecule has 0 atom stereocenters. The highest BCUT2D eigenvalue weighted by Crippen LogP contribution is 2.34. The Morgan fingerprint density at radius 1 is 1.05 bits per heavy atom. The van der Waals surface area contributed by atoms with Crippen LogP contribution in [0.2, 0.25) is 0 Å². The van der Waals surface area contributed by atoms with Crippen molar-refractivity contribution in [2.24, 2.45) is 5.73 Å². The molecule has 5 rings (SSSR count). The summed E-state index contributed by atoms with van der Waals surface area (Å²) in [5.74, 6) is 0.0478. The highest BCUT2D eigenvalue weighted by atomic mass is 32.2. The van der Waals surface area contributed by atoms with Gasteiger partial charge in [-0.25, -0.2) is 13.4 Å². The number of carbonyl (C=O) groups is 2. The van der Waals surface area contributed by atoms with Crippen LogP contribution >= 0.6 is 23.1 Å². The highest BCUT2D eigenvalue weighted by Gasteiger charge is 2.31. The third-order valence-corrected chi connectivity index (χ3v) is 9.91. The van der Waals surface area contributed by atoms with E-state index in [1.165, 1.54) is 46.6 Å². The molecule has 0 fully saturated rings. The largest absolute Gasteiger partial charge is 0.347 e. The molecule has 4 N–H and O–H groups in total. The summed E-state index contributed by atoms with van der Waals surface area (Å²) in [7, 11) is -3.93. The molecule has 2 heterocycles. The van der Waals surface area contributed by atoms with Crippen molar-refractivity contribution in [2.45, 2.75) is 27.7 Å². The van der Waals surface area contributed by atoms with E-state index in [9.17, 15) is 18.0 Å². The number of aromatic nitrogens is 1. The van der Waals surface area contributed by atoms with Gasteiger partial charge in [-0.15, -0.1) is 23.1 Å². The van der Waals surface area contributed by atoms with Crippen LogP contribution in [-0.4, -0.2) is 37.5 Å². The molecule has 8 nitrogen and oxygen atoms in total. The number of fused-ring (bicyclic) bond motifs is 2. The molecule has 1 aliphatic rings. The predicted molar refractivity (Wildman–Crippen MR) is 149 cm³/mol. The van der Waals surface area contributed by atoms with Crippen molar-refractivity contribution < 1.29 is 18.0 Å². The van der Waals surface area contributed by atoms with Gasteiger partial charge in [-0.05, 0) is 61.2 Å². The second kappa shape index (κ2) is 11.1. The number of sulfone groups is 1. The number of anilines is 1. The zero-order valence-corrected chi connectivity index (χ0v) is 22.6. The van der Waals surface area contributed by atoms with Gasteiger partial charge in [0.05, 0.1) is 27.6 Å². The van der Waals surface area contributed by atoms with Crippen molar-refractivity contribution in [3.05, 3.63) is 88.9 Å². The number of thioether (sulfide) groups is 1. The summed E-state index contributed by atoms with van der Waals surface area (Å²) in [5, 5.41) is 6.33. The Labute approximate surface area is 228 Å². The molecule has 0 saturated carbocycles. The lowest BCUT2D eigenvalue weighted by atomic mass is 10.1. The van der Waals surface area contributed by atoms with Gasteiger partial charge in [-0.3, -0.25) is 9.59 Å². The first-order valence-electron chi connectivity index (χ1n) is 11.8. The van der Waals surface area contributed by atoms with Gasteiger partial charge in [-0.1, -0.05) is 24.3 Å². The number of benzene rings is 3. The molecular formula is C27H24N4O4S3. The molecule has 11 heteroatoms. The zero-order valence-electron chi connectivity index (χ0n) is 20.1. The minimum atomic E-state index is -3.93. The third-order valence-electron chi connectivity index (χ3n) is 5.90. The van der Waals surface area contributed by atoms with Gasteiger partial charge in [0.1, 0.15) is 5.01 Å².